The van der Waals surface area contributed by atoms with Gasteiger partial charge >= 0.3 is 0 Å². The zero-order valence-electron chi connectivity index (χ0n) is 11.0. The third kappa shape index (κ3) is 3.42. The van der Waals surface area contributed by atoms with Crippen LogP contribution in [0.25, 0.3) is 0 Å². The van der Waals surface area contributed by atoms with Crippen molar-refractivity contribution >= 4 is 17.2 Å². The van der Waals surface area contributed by atoms with Crippen LogP contribution in [0, 0.1) is 11.3 Å². The molecule has 0 amide bonds. The van der Waals surface area contributed by atoms with Crippen molar-refractivity contribution in [3.05, 3.63) is 0 Å². The minimum Gasteiger partial charge on any atom is -0.393 e. The second kappa shape index (κ2) is 5.97. The van der Waals surface area contributed by atoms with E-state index in [0.29, 0.717) is 4.99 Å². The Balaban J connectivity index is 2.40. The van der Waals surface area contributed by atoms with Gasteiger partial charge in [-0.15, -0.1) is 0 Å². The van der Waals surface area contributed by atoms with E-state index in [4.69, 9.17) is 18.0 Å². The molecule has 16 heavy (non-hydrogen) atoms. The molecule has 2 N–H and O–H groups in total. The Morgan fingerprint density at radius 2 is 1.81 bits per heavy atom. The maximum atomic E-state index is 5.81. The van der Waals surface area contributed by atoms with Crippen molar-refractivity contribution in [1.29, 1.82) is 0 Å². The van der Waals surface area contributed by atoms with Gasteiger partial charge in [-0.1, -0.05) is 45.8 Å². The van der Waals surface area contributed by atoms with Gasteiger partial charge in [0, 0.05) is 12.0 Å². The second-order valence-corrected chi connectivity index (χ2v) is 5.85. The summed E-state index contributed by atoms with van der Waals surface area (Å²) in [5.41, 5.74) is 5.92. The van der Waals surface area contributed by atoms with Gasteiger partial charge in [0.1, 0.15) is 0 Å². The Labute approximate surface area is 106 Å². The maximum absolute atomic E-state index is 5.81. The van der Waals surface area contributed by atoms with E-state index in [0.717, 1.165) is 31.8 Å². The fourth-order valence-corrected chi connectivity index (χ4v) is 2.59. The van der Waals surface area contributed by atoms with Crippen LogP contribution in [0.4, 0.5) is 0 Å². The summed E-state index contributed by atoms with van der Waals surface area (Å²) in [5, 5.41) is 0. The van der Waals surface area contributed by atoms with E-state index in [1.54, 1.807) is 0 Å². The molecule has 1 aliphatic heterocycles. The maximum Gasteiger partial charge on any atom is 0.0788 e. The highest BCUT2D eigenvalue weighted by Gasteiger charge is 2.32. The first-order valence-electron chi connectivity index (χ1n) is 6.54. The number of likely N-dealkylation sites (tertiary alicyclic amines) is 1. The van der Waals surface area contributed by atoms with E-state index in [9.17, 15) is 0 Å². The van der Waals surface area contributed by atoms with Gasteiger partial charge in [-0.05, 0) is 31.8 Å². The van der Waals surface area contributed by atoms with Crippen molar-refractivity contribution in [2.24, 2.45) is 17.1 Å². The summed E-state index contributed by atoms with van der Waals surface area (Å²) in [6.45, 7) is 10.4. The molecule has 94 valence electrons. The van der Waals surface area contributed by atoms with Crippen molar-refractivity contribution < 1.29 is 0 Å². The highest BCUT2D eigenvalue weighted by atomic mass is 32.1. The second-order valence-electron chi connectivity index (χ2n) is 5.41. The SMILES string of the molecule is CCC(CC)CN1CCC(C)(C(N)=S)CC1. The van der Waals surface area contributed by atoms with Crippen molar-refractivity contribution in [3.63, 3.8) is 0 Å². The summed E-state index contributed by atoms with van der Waals surface area (Å²) in [6, 6.07) is 0. The van der Waals surface area contributed by atoms with Crippen molar-refractivity contribution in [1.82, 2.24) is 4.90 Å². The zero-order chi connectivity index (χ0) is 12.2. The molecular formula is C13H26N2S. The van der Waals surface area contributed by atoms with Gasteiger partial charge in [0.05, 0.1) is 4.99 Å². The summed E-state index contributed by atoms with van der Waals surface area (Å²) in [5.74, 6) is 0.856. The normalized spacial score (nSPS) is 21.2. The van der Waals surface area contributed by atoms with Gasteiger partial charge in [0.25, 0.3) is 0 Å². The van der Waals surface area contributed by atoms with Gasteiger partial charge in [-0.25, -0.2) is 0 Å². The molecule has 0 spiro atoms. The van der Waals surface area contributed by atoms with Gasteiger partial charge in [0.15, 0.2) is 0 Å². The molecule has 1 aliphatic rings. The molecule has 0 aromatic carbocycles. The molecule has 2 nitrogen and oxygen atoms in total. The lowest BCUT2D eigenvalue weighted by molar-refractivity contribution is 0.141. The van der Waals surface area contributed by atoms with Crippen LogP contribution in [-0.4, -0.2) is 29.5 Å². The van der Waals surface area contributed by atoms with Crippen LogP contribution in [0.1, 0.15) is 46.5 Å². The number of hydrogen-bond acceptors (Lipinski definition) is 2. The van der Waals surface area contributed by atoms with E-state index in [-0.39, 0.29) is 5.41 Å². The van der Waals surface area contributed by atoms with Crippen LogP contribution >= 0.6 is 12.2 Å². The fourth-order valence-electron chi connectivity index (χ4n) is 2.39. The van der Waals surface area contributed by atoms with Crippen molar-refractivity contribution in [3.8, 4) is 0 Å². The molecular weight excluding hydrogens is 216 g/mol. The van der Waals surface area contributed by atoms with Crippen LogP contribution in [0.15, 0.2) is 0 Å². The topological polar surface area (TPSA) is 29.3 Å². The summed E-state index contributed by atoms with van der Waals surface area (Å²) in [6.07, 6.45) is 4.84. The molecule has 0 bridgehead atoms. The Morgan fingerprint density at radius 1 is 1.31 bits per heavy atom. The van der Waals surface area contributed by atoms with E-state index in [2.05, 4.69) is 25.7 Å². The standard InChI is InChI=1S/C13H26N2S/c1-4-11(5-2)10-15-8-6-13(3,7-9-15)12(14)16/h11H,4-10H2,1-3H3,(H2,14,16). The van der Waals surface area contributed by atoms with Gasteiger partial charge in [-0.3, -0.25) is 0 Å². The predicted octanol–water partition coefficient (Wildman–Crippen LogP) is 2.81. The molecule has 1 heterocycles. The molecule has 0 aromatic heterocycles. The molecule has 0 saturated carbocycles. The molecule has 1 saturated heterocycles. The number of rotatable bonds is 5. The summed E-state index contributed by atoms with van der Waals surface area (Å²) in [7, 11) is 0. The Hall–Kier alpha value is -0.150. The molecule has 0 atom stereocenters. The van der Waals surface area contributed by atoms with Crippen molar-refractivity contribution in [2.45, 2.75) is 46.5 Å². The lowest BCUT2D eigenvalue weighted by Gasteiger charge is -2.39. The van der Waals surface area contributed by atoms with Crippen molar-refractivity contribution in [2.75, 3.05) is 19.6 Å². The van der Waals surface area contributed by atoms with Crippen LogP contribution in [0.2, 0.25) is 0 Å². The first-order chi connectivity index (χ1) is 7.51. The third-order valence-corrected chi connectivity index (χ3v) is 4.72. The molecule has 0 aliphatic carbocycles. The third-order valence-electron chi connectivity index (χ3n) is 4.23. The fraction of sp³-hybridized carbons (Fsp3) is 0.923. The van der Waals surface area contributed by atoms with Crippen LogP contribution in [-0.2, 0) is 0 Å². The Kier molecular flexibility index (Phi) is 5.19. The number of thiocarbonyl (C=S) groups is 1. The number of hydrogen-bond donors (Lipinski definition) is 1. The van der Waals surface area contributed by atoms with Gasteiger partial charge in [-0.2, -0.15) is 0 Å². The number of nitrogens with zero attached hydrogens (tertiary/aromatic N) is 1. The molecule has 0 unspecified atom stereocenters. The average Bonchev–Trinajstić information content (AvgIpc) is 2.28. The van der Waals surface area contributed by atoms with E-state index in [1.165, 1.54) is 19.4 Å². The Morgan fingerprint density at radius 3 is 2.19 bits per heavy atom. The van der Waals surface area contributed by atoms with Crippen LogP contribution < -0.4 is 5.73 Å². The average molecular weight is 242 g/mol. The first kappa shape index (κ1) is 13.9. The van der Waals surface area contributed by atoms with Gasteiger partial charge in [0.2, 0.25) is 0 Å². The number of piperidine rings is 1. The monoisotopic (exact) mass is 242 g/mol. The van der Waals surface area contributed by atoms with E-state index in [1.807, 2.05) is 0 Å². The minimum absolute atomic E-state index is 0.111. The molecule has 3 heteroatoms. The van der Waals surface area contributed by atoms with Crippen LogP contribution in [0.3, 0.4) is 0 Å². The summed E-state index contributed by atoms with van der Waals surface area (Å²) >= 11 is 5.16. The van der Waals surface area contributed by atoms with Crippen LogP contribution in [0.5, 0.6) is 0 Å². The first-order valence-corrected chi connectivity index (χ1v) is 6.95. The zero-order valence-corrected chi connectivity index (χ0v) is 11.8. The van der Waals surface area contributed by atoms with E-state index >= 15 is 0 Å². The van der Waals surface area contributed by atoms with E-state index < -0.39 is 0 Å². The molecule has 0 radical (unpaired) electrons. The highest BCUT2D eigenvalue weighted by molar-refractivity contribution is 7.80. The molecule has 1 fully saturated rings. The lowest BCUT2D eigenvalue weighted by atomic mass is 9.80. The minimum atomic E-state index is 0.111. The molecule has 1 rings (SSSR count). The smallest absolute Gasteiger partial charge is 0.0788 e. The summed E-state index contributed by atoms with van der Waals surface area (Å²) < 4.78 is 0. The predicted molar refractivity (Wildman–Crippen MR) is 74.6 cm³/mol. The molecule has 0 aromatic rings. The largest absolute Gasteiger partial charge is 0.393 e. The number of nitrogens with two attached hydrogens (primary N) is 1. The Bertz CT molecular complexity index is 228. The quantitative estimate of drug-likeness (QED) is 0.752. The summed E-state index contributed by atoms with van der Waals surface area (Å²) in [4.78, 5) is 3.28. The van der Waals surface area contributed by atoms with Gasteiger partial charge < -0.3 is 10.6 Å². The highest BCUT2D eigenvalue weighted by Crippen LogP contribution is 2.31. The lowest BCUT2D eigenvalue weighted by Crippen LogP contribution is -2.45.